The highest BCUT2D eigenvalue weighted by molar-refractivity contribution is 5.90. The Morgan fingerprint density at radius 1 is 0.882 bits per heavy atom. The van der Waals surface area contributed by atoms with Crippen molar-refractivity contribution in [2.45, 2.75) is 51.7 Å². The molecular formula is C27H31NO6. The molecule has 0 saturated heterocycles. The smallest absolute Gasteiger partial charge is 0.331 e. The number of carboxylic acids is 1. The summed E-state index contributed by atoms with van der Waals surface area (Å²) in [5.41, 5.74) is 2.78. The Labute approximate surface area is 200 Å². The van der Waals surface area contributed by atoms with Gasteiger partial charge < -0.3 is 19.3 Å². The number of aliphatic carboxylic acids is 1. The van der Waals surface area contributed by atoms with Gasteiger partial charge in [0.1, 0.15) is 11.9 Å². The number of hydrogen-bond donors (Lipinski definition) is 1. The molecule has 7 heteroatoms. The summed E-state index contributed by atoms with van der Waals surface area (Å²) in [6.45, 7) is 4.74. The molecule has 180 valence electrons. The molecule has 2 aromatic rings. The zero-order valence-corrected chi connectivity index (χ0v) is 19.6. The second kappa shape index (κ2) is 14.5. The standard InChI is InChI=1S/C27H31NO6/c1-20(21(2)34-27(31)16-15-26(29)30)32-17-5-3-4-6-18-33-25-13-11-24(12-14-25)23-9-7-22(19-28)8-10-23/h7-16,20-21H,3-6,17-18H2,1-2H3,(H,29,30)/b16-15+. The number of ether oxygens (including phenoxy) is 3. The lowest BCUT2D eigenvalue weighted by molar-refractivity contribution is -0.149. The van der Waals surface area contributed by atoms with Crippen molar-refractivity contribution in [2.24, 2.45) is 0 Å². The van der Waals surface area contributed by atoms with Crippen molar-refractivity contribution < 1.29 is 28.9 Å². The molecule has 34 heavy (non-hydrogen) atoms. The van der Waals surface area contributed by atoms with Crippen molar-refractivity contribution in [2.75, 3.05) is 13.2 Å². The zero-order chi connectivity index (χ0) is 24.8. The van der Waals surface area contributed by atoms with Crippen molar-refractivity contribution in [3.63, 3.8) is 0 Å². The van der Waals surface area contributed by atoms with E-state index in [1.807, 2.05) is 55.5 Å². The second-order valence-electron chi connectivity index (χ2n) is 7.87. The van der Waals surface area contributed by atoms with Crippen LogP contribution in [0.2, 0.25) is 0 Å². The van der Waals surface area contributed by atoms with Crippen LogP contribution in [0.15, 0.2) is 60.7 Å². The fraction of sp³-hybridized carbons (Fsp3) is 0.370. The summed E-state index contributed by atoms with van der Waals surface area (Å²) in [7, 11) is 0. The van der Waals surface area contributed by atoms with Gasteiger partial charge in [-0.2, -0.15) is 5.26 Å². The lowest BCUT2D eigenvalue weighted by atomic mass is 10.0. The van der Waals surface area contributed by atoms with Crippen LogP contribution < -0.4 is 4.74 Å². The van der Waals surface area contributed by atoms with Crippen LogP contribution in [0.1, 0.15) is 45.1 Å². The molecule has 0 aromatic heterocycles. The third-order valence-electron chi connectivity index (χ3n) is 5.21. The van der Waals surface area contributed by atoms with Gasteiger partial charge in [-0.05, 0) is 68.5 Å². The first-order valence-electron chi connectivity index (χ1n) is 11.4. The zero-order valence-electron chi connectivity index (χ0n) is 19.6. The number of carboxylic acid groups (broad SMARTS) is 1. The van der Waals surface area contributed by atoms with Crippen LogP contribution in [0.3, 0.4) is 0 Å². The second-order valence-corrected chi connectivity index (χ2v) is 7.87. The van der Waals surface area contributed by atoms with Gasteiger partial charge in [0.05, 0.1) is 24.3 Å². The van der Waals surface area contributed by atoms with Crippen molar-refractivity contribution in [3.8, 4) is 22.9 Å². The number of benzene rings is 2. The Kier molecular flexibility index (Phi) is 11.4. The van der Waals surface area contributed by atoms with Gasteiger partial charge >= 0.3 is 11.9 Å². The van der Waals surface area contributed by atoms with Crippen LogP contribution in [0, 0.1) is 11.3 Å². The summed E-state index contributed by atoms with van der Waals surface area (Å²) in [4.78, 5) is 21.9. The molecule has 2 unspecified atom stereocenters. The lowest BCUT2D eigenvalue weighted by Gasteiger charge is -2.20. The van der Waals surface area contributed by atoms with Crippen molar-refractivity contribution in [1.82, 2.24) is 0 Å². The van der Waals surface area contributed by atoms with Crippen LogP contribution in [-0.4, -0.2) is 42.5 Å². The summed E-state index contributed by atoms with van der Waals surface area (Å²) in [5.74, 6) is -1.07. The topological polar surface area (TPSA) is 106 Å². The third kappa shape index (κ3) is 9.88. The predicted octanol–water partition coefficient (Wildman–Crippen LogP) is 5.14. The summed E-state index contributed by atoms with van der Waals surface area (Å²) < 4.78 is 16.6. The number of nitrogens with zero attached hydrogens (tertiary/aromatic N) is 1. The Bertz CT molecular complexity index is 976. The quantitative estimate of drug-likeness (QED) is 0.234. The molecule has 2 rings (SSSR count). The van der Waals surface area contributed by atoms with E-state index in [1.54, 1.807) is 6.92 Å². The van der Waals surface area contributed by atoms with E-state index < -0.39 is 18.0 Å². The average molecular weight is 466 g/mol. The summed E-state index contributed by atoms with van der Waals surface area (Å²) in [6.07, 6.45) is 4.74. The number of hydrogen-bond acceptors (Lipinski definition) is 6. The van der Waals surface area contributed by atoms with Gasteiger partial charge in [-0.1, -0.05) is 30.7 Å². The van der Waals surface area contributed by atoms with E-state index in [4.69, 9.17) is 24.6 Å². The van der Waals surface area contributed by atoms with Crippen molar-refractivity contribution in [1.29, 1.82) is 5.26 Å². The van der Waals surface area contributed by atoms with E-state index in [1.165, 1.54) is 0 Å². The SMILES string of the molecule is CC(OCCCCCCOc1ccc(-c2ccc(C#N)cc2)cc1)C(C)OC(=O)/C=C/C(=O)O. The maximum atomic E-state index is 11.5. The van der Waals surface area contributed by atoms with E-state index in [0.717, 1.165) is 54.7 Å². The lowest BCUT2D eigenvalue weighted by Crippen LogP contribution is -2.28. The van der Waals surface area contributed by atoms with Crippen LogP contribution in [0.5, 0.6) is 5.75 Å². The molecule has 0 saturated carbocycles. The predicted molar refractivity (Wildman–Crippen MR) is 128 cm³/mol. The van der Waals surface area contributed by atoms with Gasteiger partial charge in [0.15, 0.2) is 0 Å². The van der Waals surface area contributed by atoms with Crippen LogP contribution in [0.4, 0.5) is 0 Å². The first-order chi connectivity index (χ1) is 16.4. The van der Waals surface area contributed by atoms with Gasteiger partial charge in [-0.25, -0.2) is 9.59 Å². The fourth-order valence-electron chi connectivity index (χ4n) is 3.09. The minimum absolute atomic E-state index is 0.280. The minimum atomic E-state index is -1.20. The van der Waals surface area contributed by atoms with E-state index in [2.05, 4.69) is 6.07 Å². The highest BCUT2D eigenvalue weighted by Crippen LogP contribution is 2.23. The molecule has 0 aliphatic rings. The molecule has 0 aliphatic heterocycles. The molecule has 7 nitrogen and oxygen atoms in total. The van der Waals surface area contributed by atoms with E-state index in [0.29, 0.717) is 18.8 Å². The van der Waals surface area contributed by atoms with Gasteiger partial charge in [-0.15, -0.1) is 0 Å². The first kappa shape index (κ1) is 26.6. The number of carbonyl (C=O) groups excluding carboxylic acids is 1. The number of unbranched alkanes of at least 4 members (excludes halogenated alkanes) is 3. The molecule has 0 fully saturated rings. The molecule has 0 spiro atoms. The summed E-state index contributed by atoms with van der Waals surface area (Å²) in [5, 5.41) is 17.4. The molecule has 0 bridgehead atoms. The Hall–Kier alpha value is -3.63. The number of esters is 1. The molecule has 1 N–H and O–H groups in total. The third-order valence-corrected chi connectivity index (χ3v) is 5.21. The van der Waals surface area contributed by atoms with Gasteiger partial charge in [0.2, 0.25) is 0 Å². The highest BCUT2D eigenvalue weighted by atomic mass is 16.6. The van der Waals surface area contributed by atoms with Crippen molar-refractivity contribution in [3.05, 3.63) is 66.2 Å². The van der Waals surface area contributed by atoms with Crippen LogP contribution >= 0.6 is 0 Å². The van der Waals surface area contributed by atoms with Crippen molar-refractivity contribution >= 4 is 11.9 Å². The maximum absolute atomic E-state index is 11.5. The minimum Gasteiger partial charge on any atom is -0.494 e. The fourth-order valence-corrected chi connectivity index (χ4v) is 3.09. The first-order valence-corrected chi connectivity index (χ1v) is 11.4. The molecule has 2 aromatic carbocycles. The molecule has 0 radical (unpaired) electrons. The normalized spacial score (nSPS) is 12.6. The van der Waals surface area contributed by atoms with Gasteiger partial charge in [0.25, 0.3) is 0 Å². The monoisotopic (exact) mass is 465 g/mol. The van der Waals surface area contributed by atoms with E-state index in [-0.39, 0.29) is 6.10 Å². The van der Waals surface area contributed by atoms with E-state index >= 15 is 0 Å². The molecule has 0 heterocycles. The average Bonchev–Trinajstić information content (AvgIpc) is 2.84. The summed E-state index contributed by atoms with van der Waals surface area (Å²) >= 11 is 0. The Morgan fingerprint density at radius 2 is 1.47 bits per heavy atom. The molecule has 0 amide bonds. The Morgan fingerprint density at radius 3 is 2.06 bits per heavy atom. The number of rotatable bonds is 14. The number of carbonyl (C=O) groups is 2. The molecule has 0 aliphatic carbocycles. The number of nitriles is 1. The van der Waals surface area contributed by atoms with Crippen LogP contribution in [-0.2, 0) is 19.1 Å². The Balaban J connectivity index is 1.55. The molecular weight excluding hydrogens is 434 g/mol. The summed E-state index contributed by atoms with van der Waals surface area (Å²) in [6, 6.07) is 17.5. The van der Waals surface area contributed by atoms with Gasteiger partial charge in [-0.3, -0.25) is 0 Å². The largest absolute Gasteiger partial charge is 0.494 e. The van der Waals surface area contributed by atoms with E-state index in [9.17, 15) is 9.59 Å². The highest BCUT2D eigenvalue weighted by Gasteiger charge is 2.16. The maximum Gasteiger partial charge on any atom is 0.331 e. The molecule has 2 atom stereocenters. The van der Waals surface area contributed by atoms with Crippen LogP contribution in [0.25, 0.3) is 11.1 Å². The van der Waals surface area contributed by atoms with Gasteiger partial charge in [0, 0.05) is 18.8 Å².